The molecule has 2 fully saturated rings. The van der Waals surface area contributed by atoms with Crippen LogP contribution in [0.2, 0.25) is 0 Å². The molecule has 0 atom stereocenters. The lowest BCUT2D eigenvalue weighted by molar-refractivity contribution is 0.438. The Morgan fingerprint density at radius 1 is 1.15 bits per heavy atom. The number of nitrogens with zero attached hydrogens (tertiary/aromatic N) is 6. The molecule has 1 aliphatic carbocycles. The normalized spacial score (nSPS) is 21.2. The molecular formula is C27H36N6. The summed E-state index contributed by atoms with van der Waals surface area (Å²) in [6.07, 6.45) is 16.6. The van der Waals surface area contributed by atoms with Crippen LogP contribution in [0.5, 0.6) is 0 Å². The molecule has 0 spiro atoms. The van der Waals surface area contributed by atoms with E-state index in [1.165, 1.54) is 49.1 Å². The first-order chi connectivity index (χ1) is 16.2. The zero-order valence-corrected chi connectivity index (χ0v) is 20.0. The van der Waals surface area contributed by atoms with Crippen molar-refractivity contribution >= 4 is 23.4 Å². The van der Waals surface area contributed by atoms with E-state index in [1.54, 1.807) is 0 Å². The van der Waals surface area contributed by atoms with Crippen LogP contribution in [-0.4, -0.2) is 57.0 Å². The third kappa shape index (κ3) is 6.60. The lowest BCUT2D eigenvalue weighted by Crippen LogP contribution is -2.37. The van der Waals surface area contributed by atoms with E-state index in [4.69, 9.17) is 21.4 Å². The monoisotopic (exact) mass is 444 g/mol. The highest BCUT2D eigenvalue weighted by molar-refractivity contribution is 5.90. The van der Waals surface area contributed by atoms with Crippen molar-refractivity contribution in [2.24, 2.45) is 30.9 Å². The molecular weight excluding hydrogens is 408 g/mol. The molecule has 33 heavy (non-hydrogen) atoms. The van der Waals surface area contributed by atoms with Crippen molar-refractivity contribution < 1.29 is 0 Å². The molecule has 0 amide bonds. The second-order valence-electron chi connectivity index (χ2n) is 9.22. The number of amidine groups is 1. The number of terminal acetylenes is 1. The lowest BCUT2D eigenvalue weighted by Gasteiger charge is -2.30. The maximum atomic E-state index is 5.22. The van der Waals surface area contributed by atoms with Gasteiger partial charge in [0.2, 0.25) is 0 Å². The van der Waals surface area contributed by atoms with Gasteiger partial charge >= 0.3 is 0 Å². The molecule has 6 nitrogen and oxygen atoms in total. The van der Waals surface area contributed by atoms with Crippen LogP contribution in [0.25, 0.3) is 0 Å². The summed E-state index contributed by atoms with van der Waals surface area (Å²) in [5.41, 5.74) is 4.07. The fraction of sp³-hybridized carbons (Fsp3) is 0.593. The Hall–Kier alpha value is -2.81. The molecule has 0 unspecified atom stereocenters. The smallest absolute Gasteiger partial charge is 0.120 e. The van der Waals surface area contributed by atoms with Crippen LogP contribution in [-0.2, 0) is 6.42 Å². The average Bonchev–Trinajstić information content (AvgIpc) is 2.87. The van der Waals surface area contributed by atoms with E-state index in [-0.39, 0.29) is 0 Å². The van der Waals surface area contributed by atoms with Crippen LogP contribution in [0.4, 0.5) is 5.69 Å². The van der Waals surface area contributed by atoms with Gasteiger partial charge < -0.3 is 4.90 Å². The number of anilines is 1. The minimum atomic E-state index is 0.380. The number of fused-ring (bicyclic) bond motifs is 1. The van der Waals surface area contributed by atoms with E-state index in [0.717, 1.165) is 56.2 Å². The fourth-order valence-electron chi connectivity index (χ4n) is 5.01. The summed E-state index contributed by atoms with van der Waals surface area (Å²) in [4.78, 5) is 25.4. The van der Waals surface area contributed by atoms with E-state index >= 15 is 0 Å². The molecule has 1 saturated carbocycles. The first-order valence-corrected chi connectivity index (χ1v) is 12.5. The molecule has 1 saturated heterocycles. The van der Waals surface area contributed by atoms with E-state index < -0.39 is 0 Å². The molecule has 0 radical (unpaired) electrons. The number of hydrogen-bond acceptors (Lipinski definition) is 5. The van der Waals surface area contributed by atoms with Gasteiger partial charge in [-0.2, -0.15) is 0 Å². The predicted octanol–water partition coefficient (Wildman–Crippen LogP) is 3.23. The first-order valence-electron chi connectivity index (χ1n) is 12.5. The second kappa shape index (κ2) is 11.9. The third-order valence-corrected chi connectivity index (χ3v) is 6.79. The number of aliphatic imine (C=N–C) groups is 3. The highest BCUT2D eigenvalue weighted by Gasteiger charge is 2.20. The van der Waals surface area contributed by atoms with Gasteiger partial charge in [0.15, 0.2) is 0 Å². The van der Waals surface area contributed by atoms with Gasteiger partial charge in [0.05, 0.1) is 30.3 Å². The minimum absolute atomic E-state index is 0.380. The maximum absolute atomic E-state index is 5.22. The molecule has 174 valence electrons. The Kier molecular flexibility index (Phi) is 8.41. The van der Waals surface area contributed by atoms with Crippen molar-refractivity contribution in [1.29, 1.82) is 0 Å². The third-order valence-electron chi connectivity index (χ3n) is 6.79. The van der Waals surface area contributed by atoms with Gasteiger partial charge in [-0.05, 0) is 81.9 Å². The second-order valence-corrected chi connectivity index (χ2v) is 9.22. The molecule has 3 aliphatic rings. The van der Waals surface area contributed by atoms with Crippen LogP contribution in [0.1, 0.15) is 57.4 Å². The van der Waals surface area contributed by atoms with Crippen LogP contribution in [0.3, 0.4) is 0 Å². The topological polar surface area (TPSA) is 65.0 Å². The lowest BCUT2D eigenvalue weighted by atomic mass is 9.83. The zero-order valence-electron chi connectivity index (χ0n) is 20.0. The van der Waals surface area contributed by atoms with E-state index in [1.807, 2.05) is 13.1 Å². The minimum Gasteiger partial charge on any atom is -0.371 e. The summed E-state index contributed by atoms with van der Waals surface area (Å²) < 4.78 is 0. The van der Waals surface area contributed by atoms with Crippen molar-refractivity contribution in [2.45, 2.75) is 58.3 Å². The van der Waals surface area contributed by atoms with Gasteiger partial charge in [0.1, 0.15) is 12.4 Å². The van der Waals surface area contributed by atoms with Gasteiger partial charge in [-0.15, -0.1) is 6.42 Å². The summed E-state index contributed by atoms with van der Waals surface area (Å²) in [7, 11) is 0. The van der Waals surface area contributed by atoms with Crippen LogP contribution < -0.4 is 15.6 Å². The number of rotatable bonds is 6. The Morgan fingerprint density at radius 2 is 1.94 bits per heavy atom. The number of benzene rings is 1. The highest BCUT2D eigenvalue weighted by atomic mass is 15.1. The van der Waals surface area contributed by atoms with Gasteiger partial charge in [0, 0.05) is 30.7 Å². The summed E-state index contributed by atoms with van der Waals surface area (Å²) in [5, 5.41) is 2.26. The summed E-state index contributed by atoms with van der Waals surface area (Å²) in [6.45, 7) is 6.83. The fourth-order valence-corrected chi connectivity index (χ4v) is 5.01. The van der Waals surface area contributed by atoms with Crippen molar-refractivity contribution in [3.8, 4) is 12.3 Å². The van der Waals surface area contributed by atoms with E-state index in [0.29, 0.717) is 24.8 Å². The molecule has 1 aromatic rings. The molecule has 1 aromatic carbocycles. The van der Waals surface area contributed by atoms with Gasteiger partial charge in [-0.1, -0.05) is 5.92 Å². The molecule has 2 aliphatic heterocycles. The van der Waals surface area contributed by atoms with Gasteiger partial charge in [-0.25, -0.2) is 4.99 Å². The Balaban J connectivity index is 1.37. The van der Waals surface area contributed by atoms with Crippen LogP contribution in [0.15, 0.2) is 37.1 Å². The SMILES string of the molecule is C#CCN=C(C)N=CCN=C1CCC(Cc2cc(N3CCCCC3)cc3c2=NCCN=3)CC1. The highest BCUT2D eigenvalue weighted by Crippen LogP contribution is 2.26. The summed E-state index contributed by atoms with van der Waals surface area (Å²) >= 11 is 0. The largest absolute Gasteiger partial charge is 0.371 e. The molecule has 6 heteroatoms. The van der Waals surface area contributed by atoms with E-state index in [2.05, 4.69) is 32.9 Å². The predicted molar refractivity (Wildman–Crippen MR) is 138 cm³/mol. The maximum Gasteiger partial charge on any atom is 0.120 e. The Labute approximate surface area is 197 Å². The van der Waals surface area contributed by atoms with Crippen molar-refractivity contribution in [1.82, 2.24) is 0 Å². The van der Waals surface area contributed by atoms with Gasteiger partial charge in [0.25, 0.3) is 0 Å². The van der Waals surface area contributed by atoms with Crippen LogP contribution in [0, 0.1) is 18.3 Å². The summed E-state index contributed by atoms with van der Waals surface area (Å²) in [5.74, 6) is 3.90. The molecule has 2 heterocycles. The van der Waals surface area contributed by atoms with Crippen molar-refractivity contribution in [2.75, 3.05) is 44.2 Å². The summed E-state index contributed by atoms with van der Waals surface area (Å²) in [6, 6.07) is 4.69. The van der Waals surface area contributed by atoms with E-state index in [9.17, 15) is 0 Å². The molecule has 0 N–H and O–H groups in total. The quantitative estimate of drug-likeness (QED) is 0.377. The zero-order chi connectivity index (χ0) is 22.9. The van der Waals surface area contributed by atoms with Gasteiger partial charge in [-0.3, -0.25) is 20.0 Å². The molecule has 4 rings (SSSR count). The van der Waals surface area contributed by atoms with Crippen molar-refractivity contribution in [3.63, 3.8) is 0 Å². The molecule has 0 aromatic heterocycles. The Bertz CT molecular complexity index is 1060. The van der Waals surface area contributed by atoms with Crippen molar-refractivity contribution in [3.05, 3.63) is 28.4 Å². The standard InChI is InChI=1S/C27H36N6/c1-3-11-28-21(2)29-12-13-30-24-9-7-22(8-10-24)18-23-19-25(33-16-5-4-6-17-33)20-26-27(23)32-15-14-31-26/h1,12,19-20,22H,4-11,13-18H2,2H3. The van der Waals surface area contributed by atoms with Crippen LogP contribution >= 0.6 is 0 Å². The Morgan fingerprint density at radius 3 is 2.73 bits per heavy atom. The number of piperidine rings is 1. The first kappa shape index (κ1) is 23.4. The molecule has 0 bridgehead atoms. The number of hydrogen-bond donors (Lipinski definition) is 0. The average molecular weight is 445 g/mol.